The van der Waals surface area contributed by atoms with Crippen molar-refractivity contribution in [2.45, 2.75) is 25.9 Å². The lowest BCUT2D eigenvalue weighted by Crippen LogP contribution is -2.30. The largest absolute Gasteiger partial charge is 0.309 e. The number of thioether (sulfide) groups is 1. The predicted octanol–water partition coefficient (Wildman–Crippen LogP) is 2.79. The van der Waals surface area contributed by atoms with Crippen molar-refractivity contribution in [1.29, 1.82) is 5.26 Å². The molecule has 0 aliphatic carbocycles. The van der Waals surface area contributed by atoms with E-state index in [-0.39, 0.29) is 0 Å². The highest BCUT2D eigenvalue weighted by atomic mass is 32.2. The fourth-order valence-electron chi connectivity index (χ4n) is 1.56. The Kier molecular flexibility index (Phi) is 5.99. The van der Waals surface area contributed by atoms with Crippen molar-refractivity contribution in [2.75, 3.05) is 12.0 Å². The summed E-state index contributed by atoms with van der Waals surface area (Å²) in [6.07, 6.45) is 3.24. The molecular weight excluding hydrogens is 216 g/mol. The molecule has 0 radical (unpaired) electrons. The average Bonchev–Trinajstić information content (AvgIpc) is 2.34. The molecule has 0 amide bonds. The summed E-state index contributed by atoms with van der Waals surface area (Å²) in [5, 5.41) is 12.5. The van der Waals surface area contributed by atoms with Crippen LogP contribution in [0.15, 0.2) is 24.3 Å². The molecule has 1 unspecified atom stereocenters. The normalized spacial score (nSPS) is 12.1. The molecule has 1 rings (SSSR count). The molecule has 3 heteroatoms. The molecule has 0 aromatic heterocycles. The summed E-state index contributed by atoms with van der Waals surface area (Å²) in [7, 11) is 0. The van der Waals surface area contributed by atoms with Gasteiger partial charge in [0.2, 0.25) is 0 Å². The minimum absolute atomic E-state index is 0.529. The van der Waals surface area contributed by atoms with Crippen LogP contribution in [0.2, 0.25) is 0 Å². The number of hydrogen-bond donors (Lipinski definition) is 1. The standard InChI is InChI=1S/C13H18N2S/c1-3-13(10-16-2)15-9-12-7-5-4-6-11(12)8-14/h4-7,13,15H,3,9-10H2,1-2H3. The molecule has 0 aliphatic heterocycles. The van der Waals surface area contributed by atoms with Gasteiger partial charge in [0.05, 0.1) is 11.6 Å². The zero-order valence-electron chi connectivity index (χ0n) is 9.86. The van der Waals surface area contributed by atoms with E-state index in [1.807, 2.05) is 36.0 Å². The SMILES string of the molecule is CCC(CSC)NCc1ccccc1C#N. The first-order valence-corrected chi connectivity index (χ1v) is 6.91. The van der Waals surface area contributed by atoms with Crippen molar-refractivity contribution in [1.82, 2.24) is 5.32 Å². The Hall–Kier alpha value is -0.980. The molecule has 1 N–H and O–H groups in total. The maximum atomic E-state index is 8.96. The molecule has 86 valence electrons. The monoisotopic (exact) mass is 234 g/mol. The van der Waals surface area contributed by atoms with Crippen LogP contribution in [0.5, 0.6) is 0 Å². The number of hydrogen-bond acceptors (Lipinski definition) is 3. The van der Waals surface area contributed by atoms with Gasteiger partial charge in [0.1, 0.15) is 0 Å². The van der Waals surface area contributed by atoms with Gasteiger partial charge in [-0.25, -0.2) is 0 Å². The van der Waals surface area contributed by atoms with Crippen molar-refractivity contribution in [3.05, 3.63) is 35.4 Å². The first-order chi connectivity index (χ1) is 7.81. The zero-order valence-corrected chi connectivity index (χ0v) is 10.7. The van der Waals surface area contributed by atoms with Gasteiger partial charge < -0.3 is 5.32 Å². The molecule has 0 heterocycles. The molecule has 0 bridgehead atoms. The van der Waals surface area contributed by atoms with Crippen LogP contribution >= 0.6 is 11.8 Å². The van der Waals surface area contributed by atoms with Crippen LogP contribution in [0.1, 0.15) is 24.5 Å². The third kappa shape index (κ3) is 3.88. The fourth-order valence-corrected chi connectivity index (χ4v) is 2.32. The highest BCUT2D eigenvalue weighted by Gasteiger charge is 2.06. The van der Waals surface area contributed by atoms with E-state index in [0.717, 1.165) is 29.8 Å². The van der Waals surface area contributed by atoms with Gasteiger partial charge in [-0.05, 0) is 24.3 Å². The second kappa shape index (κ2) is 7.32. The number of nitriles is 1. The number of nitrogens with one attached hydrogen (secondary N) is 1. The third-order valence-corrected chi connectivity index (χ3v) is 3.32. The number of rotatable bonds is 6. The van der Waals surface area contributed by atoms with Crippen molar-refractivity contribution in [2.24, 2.45) is 0 Å². The lowest BCUT2D eigenvalue weighted by molar-refractivity contribution is 0.541. The fraction of sp³-hybridized carbons (Fsp3) is 0.462. The van der Waals surface area contributed by atoms with E-state index >= 15 is 0 Å². The minimum Gasteiger partial charge on any atom is -0.309 e. The molecule has 16 heavy (non-hydrogen) atoms. The first kappa shape index (κ1) is 13.1. The van der Waals surface area contributed by atoms with Crippen molar-refractivity contribution >= 4 is 11.8 Å². The van der Waals surface area contributed by atoms with Gasteiger partial charge in [-0.15, -0.1) is 0 Å². The summed E-state index contributed by atoms with van der Waals surface area (Å²) in [5.74, 6) is 1.12. The van der Waals surface area contributed by atoms with Crippen LogP contribution in [0.25, 0.3) is 0 Å². The summed E-state index contributed by atoms with van der Waals surface area (Å²) >= 11 is 1.85. The Labute approximate surface area is 102 Å². The van der Waals surface area contributed by atoms with E-state index < -0.39 is 0 Å². The summed E-state index contributed by atoms with van der Waals surface area (Å²) < 4.78 is 0. The quantitative estimate of drug-likeness (QED) is 0.822. The second-order valence-corrected chi connectivity index (χ2v) is 4.62. The summed E-state index contributed by atoms with van der Waals surface area (Å²) in [6.45, 7) is 2.97. The maximum absolute atomic E-state index is 8.96. The Morgan fingerprint density at radius 2 is 2.19 bits per heavy atom. The van der Waals surface area contributed by atoms with E-state index in [4.69, 9.17) is 5.26 Å². The lowest BCUT2D eigenvalue weighted by Gasteiger charge is -2.16. The highest BCUT2D eigenvalue weighted by Crippen LogP contribution is 2.08. The Morgan fingerprint density at radius 3 is 2.81 bits per heavy atom. The molecule has 1 aromatic rings. The van der Waals surface area contributed by atoms with Crippen molar-refractivity contribution < 1.29 is 0 Å². The molecule has 0 aliphatic rings. The van der Waals surface area contributed by atoms with E-state index in [1.54, 1.807) is 0 Å². The van der Waals surface area contributed by atoms with Crippen LogP contribution < -0.4 is 5.32 Å². The summed E-state index contributed by atoms with van der Waals surface area (Å²) in [4.78, 5) is 0. The molecule has 0 saturated carbocycles. The molecule has 0 spiro atoms. The predicted molar refractivity (Wildman–Crippen MR) is 70.5 cm³/mol. The topological polar surface area (TPSA) is 35.8 Å². The third-order valence-electron chi connectivity index (χ3n) is 2.58. The molecule has 1 atom stereocenters. The molecule has 2 nitrogen and oxygen atoms in total. The summed E-state index contributed by atoms with van der Waals surface area (Å²) in [5.41, 5.74) is 1.86. The van der Waals surface area contributed by atoms with Crippen LogP contribution in [-0.2, 0) is 6.54 Å². The van der Waals surface area contributed by atoms with Gasteiger partial charge in [-0.3, -0.25) is 0 Å². The van der Waals surface area contributed by atoms with E-state index in [9.17, 15) is 0 Å². The van der Waals surface area contributed by atoms with Gasteiger partial charge in [-0.1, -0.05) is 25.1 Å². The van der Waals surface area contributed by atoms with Crippen molar-refractivity contribution in [3.8, 4) is 6.07 Å². The summed E-state index contributed by atoms with van der Waals surface area (Å²) in [6, 6.07) is 10.5. The minimum atomic E-state index is 0.529. The molecular formula is C13H18N2S. The van der Waals surface area contributed by atoms with Crippen LogP contribution in [0, 0.1) is 11.3 Å². The smallest absolute Gasteiger partial charge is 0.0995 e. The Morgan fingerprint density at radius 1 is 1.44 bits per heavy atom. The maximum Gasteiger partial charge on any atom is 0.0995 e. The number of nitrogens with zero attached hydrogens (tertiary/aromatic N) is 1. The number of benzene rings is 1. The van der Waals surface area contributed by atoms with Crippen molar-refractivity contribution in [3.63, 3.8) is 0 Å². The molecule has 0 fully saturated rings. The van der Waals surface area contributed by atoms with Crippen LogP contribution in [0.4, 0.5) is 0 Å². The van der Waals surface area contributed by atoms with Gasteiger partial charge in [-0.2, -0.15) is 17.0 Å². The first-order valence-electron chi connectivity index (χ1n) is 5.52. The molecule has 1 aromatic carbocycles. The Balaban J connectivity index is 2.56. The van der Waals surface area contributed by atoms with Crippen LogP contribution in [0.3, 0.4) is 0 Å². The van der Waals surface area contributed by atoms with Gasteiger partial charge >= 0.3 is 0 Å². The van der Waals surface area contributed by atoms with Gasteiger partial charge in [0.15, 0.2) is 0 Å². The highest BCUT2D eigenvalue weighted by molar-refractivity contribution is 7.98. The lowest BCUT2D eigenvalue weighted by atomic mass is 10.1. The molecule has 0 saturated heterocycles. The zero-order chi connectivity index (χ0) is 11.8. The second-order valence-electron chi connectivity index (χ2n) is 3.71. The van der Waals surface area contributed by atoms with Crippen LogP contribution in [-0.4, -0.2) is 18.1 Å². The average molecular weight is 234 g/mol. The Bertz CT molecular complexity index is 357. The van der Waals surface area contributed by atoms with E-state index in [1.165, 1.54) is 0 Å². The van der Waals surface area contributed by atoms with E-state index in [2.05, 4.69) is 24.6 Å². The van der Waals surface area contributed by atoms with Gasteiger partial charge in [0, 0.05) is 18.3 Å². The van der Waals surface area contributed by atoms with E-state index in [0.29, 0.717) is 6.04 Å². The van der Waals surface area contributed by atoms with Gasteiger partial charge in [0.25, 0.3) is 0 Å².